The van der Waals surface area contributed by atoms with Crippen LogP contribution in [0.15, 0.2) is 42.6 Å². The Labute approximate surface area is 157 Å². The molecule has 2 aliphatic heterocycles. The number of carbonyl (C=O) groups is 1. The summed E-state index contributed by atoms with van der Waals surface area (Å²) in [6, 6.07) is 11.0. The van der Waals surface area contributed by atoms with Gasteiger partial charge in [-0.25, -0.2) is 4.39 Å². The van der Waals surface area contributed by atoms with Crippen LogP contribution in [0.3, 0.4) is 0 Å². The Morgan fingerprint density at radius 3 is 2.81 bits per heavy atom. The largest absolute Gasteiger partial charge is 0.382 e. The van der Waals surface area contributed by atoms with E-state index in [4.69, 9.17) is 4.74 Å². The first-order chi connectivity index (χ1) is 13.1. The molecule has 1 amide bonds. The van der Waals surface area contributed by atoms with E-state index < -0.39 is 5.82 Å². The summed E-state index contributed by atoms with van der Waals surface area (Å²) in [7, 11) is 0. The van der Waals surface area contributed by atoms with Crippen molar-refractivity contribution in [2.24, 2.45) is 0 Å². The Morgan fingerprint density at radius 2 is 2.04 bits per heavy atom. The van der Waals surface area contributed by atoms with Crippen molar-refractivity contribution in [3.8, 4) is 0 Å². The first-order valence-electron chi connectivity index (χ1n) is 9.14. The molecule has 0 saturated carbocycles. The fourth-order valence-electron chi connectivity index (χ4n) is 3.48. The van der Waals surface area contributed by atoms with Gasteiger partial charge in [-0.3, -0.25) is 4.79 Å². The van der Waals surface area contributed by atoms with Crippen LogP contribution in [-0.2, 0) is 9.53 Å². The van der Waals surface area contributed by atoms with E-state index in [1.54, 1.807) is 18.3 Å². The van der Waals surface area contributed by atoms with Crippen molar-refractivity contribution in [2.45, 2.75) is 25.8 Å². The average molecular weight is 367 g/mol. The number of amides is 1. The van der Waals surface area contributed by atoms with Crippen molar-refractivity contribution in [3.63, 3.8) is 0 Å². The highest BCUT2D eigenvalue weighted by molar-refractivity contribution is 6.31. The van der Waals surface area contributed by atoms with E-state index in [0.717, 1.165) is 43.0 Å². The Hall–Kier alpha value is -2.86. The molecule has 0 aliphatic carbocycles. The van der Waals surface area contributed by atoms with Gasteiger partial charge in [0.2, 0.25) is 0 Å². The van der Waals surface area contributed by atoms with E-state index in [1.807, 2.05) is 25.1 Å². The Bertz CT molecular complexity index is 904. The van der Waals surface area contributed by atoms with Gasteiger partial charge in [-0.1, -0.05) is 6.07 Å². The third-order valence-corrected chi connectivity index (χ3v) is 4.97. The molecule has 0 radical (unpaired) electrons. The number of anilines is 3. The maximum absolute atomic E-state index is 14.1. The van der Waals surface area contributed by atoms with Gasteiger partial charge in [-0.15, -0.1) is 0 Å². The zero-order valence-corrected chi connectivity index (χ0v) is 15.1. The minimum absolute atomic E-state index is 0.296. The Kier molecular flexibility index (Phi) is 4.81. The molecule has 0 bridgehead atoms. The molecular formula is C21H22FN3O2. The monoisotopic (exact) mass is 367 g/mol. The zero-order valence-electron chi connectivity index (χ0n) is 15.1. The van der Waals surface area contributed by atoms with Gasteiger partial charge in [0.25, 0.3) is 5.91 Å². The van der Waals surface area contributed by atoms with Crippen molar-refractivity contribution < 1.29 is 13.9 Å². The second-order valence-electron chi connectivity index (χ2n) is 6.88. The summed E-state index contributed by atoms with van der Waals surface area (Å²) in [6.07, 6.45) is 3.57. The molecule has 27 heavy (non-hydrogen) atoms. The number of benzene rings is 2. The zero-order chi connectivity index (χ0) is 18.8. The number of rotatable bonds is 4. The van der Waals surface area contributed by atoms with Crippen molar-refractivity contribution >= 4 is 28.5 Å². The fourth-order valence-corrected chi connectivity index (χ4v) is 3.48. The predicted octanol–water partition coefficient (Wildman–Crippen LogP) is 4.13. The quantitative estimate of drug-likeness (QED) is 0.711. The van der Waals surface area contributed by atoms with E-state index >= 15 is 0 Å². The molecule has 2 aromatic carbocycles. The standard InChI is InChI=1S/C21H22FN3O2/c1-13-11-15(5-6-18(13)24-14-7-9-27-10-8-14)23-12-16-20-17(22)3-2-4-19(20)25-21(16)26/h2-6,11-12,14,23-24H,7-10H2,1H3,(H,25,26). The molecule has 0 atom stereocenters. The van der Waals surface area contributed by atoms with E-state index in [-0.39, 0.29) is 5.91 Å². The molecule has 2 heterocycles. The van der Waals surface area contributed by atoms with Crippen molar-refractivity contribution in [3.05, 3.63) is 59.5 Å². The summed E-state index contributed by atoms with van der Waals surface area (Å²) in [5.74, 6) is -0.719. The van der Waals surface area contributed by atoms with Crippen LogP contribution in [0.25, 0.3) is 5.57 Å². The molecule has 1 fully saturated rings. The van der Waals surface area contributed by atoms with E-state index in [2.05, 4.69) is 16.0 Å². The third-order valence-electron chi connectivity index (χ3n) is 4.97. The molecule has 6 heteroatoms. The maximum Gasteiger partial charge on any atom is 0.257 e. The van der Waals surface area contributed by atoms with E-state index in [0.29, 0.717) is 22.9 Å². The van der Waals surface area contributed by atoms with Gasteiger partial charge in [-0.05, 0) is 55.7 Å². The number of halogens is 1. The number of aryl methyl sites for hydroxylation is 1. The number of hydrogen-bond donors (Lipinski definition) is 3. The number of nitrogens with one attached hydrogen (secondary N) is 3. The molecule has 2 aromatic rings. The van der Waals surface area contributed by atoms with Crippen LogP contribution < -0.4 is 16.0 Å². The van der Waals surface area contributed by atoms with Crippen LogP contribution in [0.5, 0.6) is 0 Å². The Morgan fingerprint density at radius 1 is 1.22 bits per heavy atom. The van der Waals surface area contributed by atoms with Gasteiger partial charge < -0.3 is 20.7 Å². The first-order valence-corrected chi connectivity index (χ1v) is 9.14. The molecule has 2 aliphatic rings. The SMILES string of the molecule is Cc1cc(NC=C2C(=O)Nc3cccc(F)c32)ccc1NC1CCOCC1. The minimum atomic E-state index is -0.411. The van der Waals surface area contributed by atoms with Crippen molar-refractivity contribution in [2.75, 3.05) is 29.2 Å². The third kappa shape index (κ3) is 3.66. The minimum Gasteiger partial charge on any atom is -0.382 e. The predicted molar refractivity (Wildman–Crippen MR) is 105 cm³/mol. The lowest BCUT2D eigenvalue weighted by Crippen LogP contribution is -2.28. The van der Waals surface area contributed by atoms with Crippen molar-refractivity contribution in [1.29, 1.82) is 0 Å². The molecule has 1 saturated heterocycles. The number of ether oxygens (including phenoxy) is 1. The number of hydrogen-bond acceptors (Lipinski definition) is 4. The van der Waals surface area contributed by atoms with Crippen LogP contribution in [-0.4, -0.2) is 25.2 Å². The van der Waals surface area contributed by atoms with Gasteiger partial charge in [0.15, 0.2) is 0 Å². The smallest absolute Gasteiger partial charge is 0.257 e. The summed E-state index contributed by atoms with van der Waals surface area (Å²) >= 11 is 0. The summed E-state index contributed by atoms with van der Waals surface area (Å²) in [5, 5.41) is 9.37. The summed E-state index contributed by atoms with van der Waals surface area (Å²) < 4.78 is 19.5. The van der Waals surface area contributed by atoms with E-state index in [9.17, 15) is 9.18 Å². The molecule has 5 nitrogen and oxygen atoms in total. The fraction of sp³-hybridized carbons (Fsp3) is 0.286. The molecular weight excluding hydrogens is 345 g/mol. The van der Waals surface area contributed by atoms with Crippen molar-refractivity contribution in [1.82, 2.24) is 0 Å². The highest BCUT2D eigenvalue weighted by Crippen LogP contribution is 2.33. The topological polar surface area (TPSA) is 62.4 Å². The normalized spacial score (nSPS) is 18.3. The molecule has 0 aromatic heterocycles. The van der Waals surface area contributed by atoms with E-state index in [1.165, 1.54) is 6.07 Å². The molecule has 0 spiro atoms. The average Bonchev–Trinajstić information content (AvgIpc) is 2.99. The van der Waals surface area contributed by atoms with Gasteiger partial charge in [-0.2, -0.15) is 0 Å². The van der Waals surface area contributed by atoms with Crippen LogP contribution in [0, 0.1) is 12.7 Å². The van der Waals surface area contributed by atoms with Gasteiger partial charge in [0.1, 0.15) is 5.82 Å². The van der Waals surface area contributed by atoms with Gasteiger partial charge in [0.05, 0.1) is 11.3 Å². The van der Waals surface area contributed by atoms with Gasteiger partial charge in [0, 0.05) is 42.4 Å². The van der Waals surface area contributed by atoms with Crippen LogP contribution in [0.1, 0.15) is 24.0 Å². The van der Waals surface area contributed by atoms with Gasteiger partial charge >= 0.3 is 0 Å². The molecule has 140 valence electrons. The number of fused-ring (bicyclic) bond motifs is 1. The van der Waals surface area contributed by atoms with Crippen LogP contribution in [0.2, 0.25) is 0 Å². The maximum atomic E-state index is 14.1. The lowest BCUT2D eigenvalue weighted by atomic mass is 10.1. The Balaban J connectivity index is 1.50. The second kappa shape index (κ2) is 7.40. The first kappa shape index (κ1) is 17.5. The second-order valence-corrected chi connectivity index (χ2v) is 6.88. The highest BCUT2D eigenvalue weighted by atomic mass is 19.1. The lowest BCUT2D eigenvalue weighted by molar-refractivity contribution is -0.110. The highest BCUT2D eigenvalue weighted by Gasteiger charge is 2.27. The summed E-state index contributed by atoms with van der Waals surface area (Å²) in [5.41, 5.74) is 4.15. The summed E-state index contributed by atoms with van der Waals surface area (Å²) in [4.78, 5) is 12.1. The summed E-state index contributed by atoms with van der Waals surface area (Å²) in [6.45, 7) is 3.63. The molecule has 3 N–H and O–H groups in total. The lowest BCUT2D eigenvalue weighted by Gasteiger charge is -2.25. The van der Waals surface area contributed by atoms with Crippen LogP contribution in [0.4, 0.5) is 21.5 Å². The molecule has 0 unspecified atom stereocenters. The number of carbonyl (C=O) groups excluding carboxylic acids is 1. The molecule has 4 rings (SSSR count). The van der Waals surface area contributed by atoms with Crippen LogP contribution >= 0.6 is 0 Å².